The largest absolute Gasteiger partial charge is 0.473 e. The van der Waals surface area contributed by atoms with Crippen LogP contribution in [0.5, 0.6) is 5.06 Å². The number of aromatic nitrogens is 1. The van der Waals surface area contributed by atoms with Gasteiger partial charge in [0.05, 0.1) is 11.0 Å². The van der Waals surface area contributed by atoms with E-state index >= 15 is 0 Å². The fourth-order valence-electron chi connectivity index (χ4n) is 2.75. The van der Waals surface area contributed by atoms with Gasteiger partial charge in [-0.3, -0.25) is 0 Å². The van der Waals surface area contributed by atoms with E-state index in [1.165, 1.54) is 0 Å². The van der Waals surface area contributed by atoms with E-state index in [1.807, 2.05) is 6.92 Å². The molecule has 0 spiro atoms. The molecule has 0 saturated carbocycles. The molecule has 3 nitrogen and oxygen atoms in total. The Morgan fingerprint density at radius 3 is 2.31 bits per heavy atom. The van der Waals surface area contributed by atoms with Crippen LogP contribution in [0.1, 0.15) is 44.4 Å². The molecule has 0 fully saturated rings. The lowest BCUT2D eigenvalue weighted by Crippen LogP contribution is -2.51. The average Bonchev–Trinajstić information content (AvgIpc) is 2.63. The molecule has 0 unspecified atom stereocenters. The molecule has 1 aromatic heterocycles. The van der Waals surface area contributed by atoms with Crippen molar-refractivity contribution in [2.45, 2.75) is 46.3 Å². The second-order valence-corrected chi connectivity index (χ2v) is 6.31. The van der Waals surface area contributed by atoms with Crippen LogP contribution < -0.4 is 10.5 Å². The molecule has 1 atom stereocenters. The summed E-state index contributed by atoms with van der Waals surface area (Å²) in [7, 11) is 0. The summed E-state index contributed by atoms with van der Waals surface area (Å²) in [6.07, 6.45) is 0. The predicted molar refractivity (Wildman–Crippen MR) is 66.8 cm³/mol. The third kappa shape index (κ3) is 1.39. The van der Waals surface area contributed by atoms with Gasteiger partial charge >= 0.3 is 0 Å². The molecular weight excluding hydrogens is 220 g/mol. The molecule has 2 N–H and O–H groups in total. The van der Waals surface area contributed by atoms with E-state index in [1.54, 1.807) is 11.3 Å². The number of thiazole rings is 1. The average molecular weight is 240 g/mol. The van der Waals surface area contributed by atoms with E-state index in [2.05, 4.69) is 32.7 Å². The Labute approximate surface area is 101 Å². The van der Waals surface area contributed by atoms with Crippen LogP contribution in [0.25, 0.3) is 0 Å². The number of rotatable bonds is 2. The zero-order chi connectivity index (χ0) is 12.1. The lowest BCUT2D eigenvalue weighted by Gasteiger charge is -2.40. The maximum Gasteiger partial charge on any atom is 0.199 e. The second-order valence-electron chi connectivity index (χ2n) is 5.15. The maximum absolute atomic E-state index is 6.36. The summed E-state index contributed by atoms with van der Waals surface area (Å²) in [6.45, 7) is 10.7. The zero-order valence-electron chi connectivity index (χ0n) is 10.6. The van der Waals surface area contributed by atoms with Crippen LogP contribution in [-0.2, 0) is 0 Å². The van der Waals surface area contributed by atoms with Crippen molar-refractivity contribution in [3.63, 3.8) is 0 Å². The first kappa shape index (κ1) is 11.9. The lowest BCUT2D eigenvalue weighted by atomic mass is 9.75. The first-order valence-electron chi connectivity index (χ1n) is 5.81. The lowest BCUT2D eigenvalue weighted by molar-refractivity contribution is -0.0203. The summed E-state index contributed by atoms with van der Waals surface area (Å²) >= 11 is 1.60. The van der Waals surface area contributed by atoms with Crippen molar-refractivity contribution in [1.82, 2.24) is 4.98 Å². The molecule has 1 aliphatic rings. The van der Waals surface area contributed by atoms with E-state index in [0.29, 0.717) is 11.8 Å². The molecule has 0 radical (unpaired) electrons. The van der Waals surface area contributed by atoms with Crippen molar-refractivity contribution in [2.24, 2.45) is 17.6 Å². The van der Waals surface area contributed by atoms with Gasteiger partial charge in [0.15, 0.2) is 5.06 Å². The molecule has 0 amide bonds. The van der Waals surface area contributed by atoms with Gasteiger partial charge in [0, 0.05) is 0 Å². The Balaban J connectivity index is 2.45. The SMILES string of the molecule is Cc1nc2c(s1)OC(C(C)C)(C(C)C)[C@@H]2N. The van der Waals surface area contributed by atoms with Crippen LogP contribution in [0, 0.1) is 18.8 Å². The third-order valence-corrected chi connectivity index (χ3v) is 4.45. The van der Waals surface area contributed by atoms with Gasteiger partial charge < -0.3 is 10.5 Å². The minimum atomic E-state index is -0.290. The summed E-state index contributed by atoms with van der Waals surface area (Å²) in [5.74, 6) is 0.758. The van der Waals surface area contributed by atoms with Crippen molar-refractivity contribution in [2.75, 3.05) is 0 Å². The molecule has 4 heteroatoms. The highest BCUT2D eigenvalue weighted by molar-refractivity contribution is 7.13. The predicted octanol–water partition coefficient (Wildman–Crippen LogP) is 2.89. The van der Waals surface area contributed by atoms with Crippen LogP contribution in [-0.4, -0.2) is 10.6 Å². The van der Waals surface area contributed by atoms with Gasteiger partial charge in [0.25, 0.3) is 0 Å². The highest BCUT2D eigenvalue weighted by Crippen LogP contribution is 2.51. The van der Waals surface area contributed by atoms with Crippen molar-refractivity contribution in [3.8, 4) is 5.06 Å². The quantitative estimate of drug-likeness (QED) is 0.864. The summed E-state index contributed by atoms with van der Waals surface area (Å²) < 4.78 is 6.18. The fraction of sp³-hybridized carbons (Fsp3) is 0.750. The number of ether oxygens (including phenoxy) is 1. The van der Waals surface area contributed by atoms with Crippen molar-refractivity contribution in [1.29, 1.82) is 0 Å². The standard InChI is InChI=1S/C12H20N2OS/c1-6(2)12(7(3)4)10(13)9-11(15-12)16-8(5)14-9/h6-7,10H,13H2,1-5H3/t10-/m1/s1. The minimum absolute atomic E-state index is 0.104. The van der Waals surface area contributed by atoms with Gasteiger partial charge in [-0.15, -0.1) is 0 Å². The summed E-state index contributed by atoms with van der Waals surface area (Å²) in [6, 6.07) is -0.104. The fourth-order valence-corrected chi connectivity index (χ4v) is 3.63. The van der Waals surface area contributed by atoms with Gasteiger partial charge in [0.2, 0.25) is 0 Å². The Morgan fingerprint density at radius 1 is 1.31 bits per heavy atom. The summed E-state index contributed by atoms with van der Waals surface area (Å²) in [5.41, 5.74) is 7.02. The first-order valence-corrected chi connectivity index (χ1v) is 6.63. The number of hydrogen-bond donors (Lipinski definition) is 1. The van der Waals surface area contributed by atoms with E-state index < -0.39 is 0 Å². The number of nitrogens with zero attached hydrogens (tertiary/aromatic N) is 1. The molecule has 2 rings (SSSR count). The Bertz CT molecular complexity index is 390. The second kappa shape index (κ2) is 3.70. The van der Waals surface area contributed by atoms with Gasteiger partial charge in [-0.25, -0.2) is 4.98 Å². The highest BCUT2D eigenvalue weighted by atomic mass is 32.1. The Morgan fingerprint density at radius 2 is 1.88 bits per heavy atom. The van der Waals surface area contributed by atoms with E-state index in [-0.39, 0.29) is 11.6 Å². The Hall–Kier alpha value is -0.610. The monoisotopic (exact) mass is 240 g/mol. The van der Waals surface area contributed by atoms with E-state index in [4.69, 9.17) is 10.5 Å². The van der Waals surface area contributed by atoms with Crippen molar-refractivity contribution < 1.29 is 4.74 Å². The maximum atomic E-state index is 6.36. The van der Waals surface area contributed by atoms with Crippen LogP contribution in [0.15, 0.2) is 0 Å². The zero-order valence-corrected chi connectivity index (χ0v) is 11.4. The topological polar surface area (TPSA) is 48.1 Å². The minimum Gasteiger partial charge on any atom is -0.473 e. The number of nitrogens with two attached hydrogens (primary N) is 1. The summed E-state index contributed by atoms with van der Waals surface area (Å²) in [4.78, 5) is 4.50. The highest BCUT2D eigenvalue weighted by Gasteiger charge is 2.53. The molecule has 0 aromatic carbocycles. The van der Waals surface area contributed by atoms with Gasteiger partial charge in [-0.2, -0.15) is 0 Å². The molecule has 2 heterocycles. The third-order valence-electron chi connectivity index (χ3n) is 3.58. The van der Waals surface area contributed by atoms with Crippen molar-refractivity contribution in [3.05, 3.63) is 10.7 Å². The molecule has 0 bridgehead atoms. The van der Waals surface area contributed by atoms with Crippen LogP contribution in [0.3, 0.4) is 0 Å². The molecule has 0 saturated heterocycles. The molecule has 16 heavy (non-hydrogen) atoms. The normalized spacial score (nSPS) is 22.6. The van der Waals surface area contributed by atoms with Gasteiger partial charge in [-0.1, -0.05) is 39.0 Å². The molecular formula is C12H20N2OS. The van der Waals surface area contributed by atoms with Crippen LogP contribution >= 0.6 is 11.3 Å². The smallest absolute Gasteiger partial charge is 0.199 e. The summed E-state index contributed by atoms with van der Waals surface area (Å²) in [5, 5.41) is 1.95. The first-order chi connectivity index (χ1) is 7.39. The van der Waals surface area contributed by atoms with E-state index in [9.17, 15) is 0 Å². The van der Waals surface area contributed by atoms with Crippen molar-refractivity contribution >= 4 is 11.3 Å². The molecule has 0 aliphatic carbocycles. The van der Waals surface area contributed by atoms with Gasteiger partial charge in [-0.05, 0) is 18.8 Å². The Kier molecular flexibility index (Phi) is 2.75. The van der Waals surface area contributed by atoms with E-state index in [0.717, 1.165) is 15.8 Å². The number of fused-ring (bicyclic) bond motifs is 1. The van der Waals surface area contributed by atoms with Crippen LogP contribution in [0.2, 0.25) is 0 Å². The number of hydrogen-bond acceptors (Lipinski definition) is 4. The number of aryl methyl sites for hydroxylation is 1. The molecule has 1 aliphatic heterocycles. The molecule has 90 valence electrons. The van der Waals surface area contributed by atoms with Gasteiger partial charge in [0.1, 0.15) is 11.3 Å². The molecule has 1 aromatic rings. The van der Waals surface area contributed by atoms with Crippen LogP contribution in [0.4, 0.5) is 0 Å².